The van der Waals surface area contributed by atoms with Crippen LogP contribution in [0.1, 0.15) is 24.1 Å². The summed E-state index contributed by atoms with van der Waals surface area (Å²) in [6, 6.07) is 18.8. The smallest absolute Gasteiger partial charge is 0.269 e. The van der Waals surface area contributed by atoms with Gasteiger partial charge in [-0.25, -0.2) is 8.42 Å². The van der Waals surface area contributed by atoms with Gasteiger partial charge in [-0.15, -0.1) is 0 Å². The number of hydrogen-bond acceptors (Lipinski definition) is 5. The predicted octanol–water partition coefficient (Wildman–Crippen LogP) is 4.87. The van der Waals surface area contributed by atoms with E-state index in [0.717, 1.165) is 11.1 Å². The number of non-ortho nitro benzene ring substituents is 1. The highest BCUT2D eigenvalue weighted by atomic mass is 32.2. The standard InChI is InChI=1S/C22H22N2O5S/c1-16-6-4-7-18(14-16)17(2)23(20-8-5-9-21(15-20)29-3)30(27,28)22-12-10-19(11-13-22)24(25)26/h4-15,17H,1-3H3/t17-/m0/s1. The van der Waals surface area contributed by atoms with Crippen LogP contribution in [0.3, 0.4) is 0 Å². The van der Waals surface area contributed by atoms with Crippen molar-refractivity contribution in [1.82, 2.24) is 0 Å². The van der Waals surface area contributed by atoms with E-state index in [-0.39, 0.29) is 10.6 Å². The molecule has 8 heteroatoms. The first-order valence-electron chi connectivity index (χ1n) is 9.23. The molecule has 0 heterocycles. The fraction of sp³-hybridized carbons (Fsp3) is 0.182. The van der Waals surface area contributed by atoms with Crippen LogP contribution in [0.5, 0.6) is 5.75 Å². The third-order valence-corrected chi connectivity index (χ3v) is 6.70. The van der Waals surface area contributed by atoms with Crippen molar-refractivity contribution in [3.63, 3.8) is 0 Å². The van der Waals surface area contributed by atoms with E-state index in [2.05, 4.69) is 0 Å². The molecule has 3 aromatic carbocycles. The minimum atomic E-state index is -4.03. The molecule has 30 heavy (non-hydrogen) atoms. The summed E-state index contributed by atoms with van der Waals surface area (Å²) in [6.45, 7) is 3.74. The topological polar surface area (TPSA) is 89.8 Å². The van der Waals surface area contributed by atoms with E-state index in [9.17, 15) is 18.5 Å². The highest BCUT2D eigenvalue weighted by Gasteiger charge is 2.31. The Balaban J connectivity index is 2.15. The number of nitro groups is 1. The fourth-order valence-electron chi connectivity index (χ4n) is 3.24. The number of nitrogens with zero attached hydrogens (tertiary/aromatic N) is 2. The molecule has 0 aromatic heterocycles. The maximum Gasteiger partial charge on any atom is 0.269 e. The lowest BCUT2D eigenvalue weighted by molar-refractivity contribution is -0.384. The van der Waals surface area contributed by atoms with Crippen molar-refractivity contribution in [2.24, 2.45) is 0 Å². The molecule has 0 spiro atoms. The summed E-state index contributed by atoms with van der Waals surface area (Å²) >= 11 is 0. The van der Waals surface area contributed by atoms with Crippen LogP contribution in [-0.4, -0.2) is 20.5 Å². The second-order valence-electron chi connectivity index (χ2n) is 6.84. The molecular weight excluding hydrogens is 404 g/mol. The van der Waals surface area contributed by atoms with Gasteiger partial charge in [0.15, 0.2) is 0 Å². The molecule has 3 rings (SSSR count). The van der Waals surface area contributed by atoms with Crippen LogP contribution in [-0.2, 0) is 10.0 Å². The molecule has 0 aliphatic rings. The van der Waals surface area contributed by atoms with Crippen LogP contribution in [0, 0.1) is 17.0 Å². The van der Waals surface area contributed by atoms with Crippen molar-refractivity contribution in [2.75, 3.05) is 11.4 Å². The van der Waals surface area contributed by atoms with Crippen molar-refractivity contribution in [3.8, 4) is 5.75 Å². The highest BCUT2D eigenvalue weighted by molar-refractivity contribution is 7.92. The van der Waals surface area contributed by atoms with Crippen molar-refractivity contribution >= 4 is 21.4 Å². The summed E-state index contributed by atoms with van der Waals surface area (Å²) in [6.07, 6.45) is 0. The van der Waals surface area contributed by atoms with Gasteiger partial charge in [0.05, 0.1) is 28.7 Å². The molecule has 0 fully saturated rings. The number of anilines is 1. The minimum absolute atomic E-state index is 0.0320. The molecule has 0 amide bonds. The number of ether oxygens (including phenoxy) is 1. The van der Waals surface area contributed by atoms with E-state index < -0.39 is 21.0 Å². The van der Waals surface area contributed by atoms with Crippen LogP contribution in [0.25, 0.3) is 0 Å². The monoisotopic (exact) mass is 426 g/mol. The summed E-state index contributed by atoms with van der Waals surface area (Å²) < 4.78 is 33.8. The molecule has 156 valence electrons. The highest BCUT2D eigenvalue weighted by Crippen LogP contribution is 2.35. The van der Waals surface area contributed by atoms with E-state index >= 15 is 0 Å². The van der Waals surface area contributed by atoms with Gasteiger partial charge in [0, 0.05) is 18.2 Å². The molecule has 0 bridgehead atoms. The third-order valence-electron chi connectivity index (χ3n) is 4.79. The SMILES string of the molecule is COc1cccc(N([C@@H](C)c2cccc(C)c2)S(=O)(=O)c2ccc([N+](=O)[O-])cc2)c1. The molecule has 7 nitrogen and oxygen atoms in total. The van der Waals surface area contributed by atoms with Gasteiger partial charge >= 0.3 is 0 Å². The van der Waals surface area contributed by atoms with Gasteiger partial charge in [-0.1, -0.05) is 35.9 Å². The number of nitro benzene ring substituents is 1. The second kappa shape index (κ2) is 8.54. The van der Waals surface area contributed by atoms with Crippen LogP contribution in [0.15, 0.2) is 77.7 Å². The van der Waals surface area contributed by atoms with Gasteiger partial charge < -0.3 is 4.74 Å². The maximum atomic E-state index is 13.6. The molecule has 0 saturated carbocycles. The van der Waals surface area contributed by atoms with Crippen LogP contribution in [0.2, 0.25) is 0 Å². The van der Waals surface area contributed by atoms with Crippen molar-refractivity contribution in [2.45, 2.75) is 24.8 Å². The molecule has 0 unspecified atom stereocenters. The van der Waals surface area contributed by atoms with Gasteiger partial charge in [-0.3, -0.25) is 14.4 Å². The Hall–Kier alpha value is -3.39. The summed E-state index contributed by atoms with van der Waals surface area (Å²) in [5.41, 5.74) is 2.09. The van der Waals surface area contributed by atoms with E-state index in [1.165, 1.54) is 35.7 Å². The number of aryl methyl sites for hydroxylation is 1. The molecule has 0 N–H and O–H groups in total. The van der Waals surface area contributed by atoms with E-state index in [0.29, 0.717) is 11.4 Å². The zero-order valence-electron chi connectivity index (χ0n) is 16.8. The number of hydrogen-bond donors (Lipinski definition) is 0. The Bertz CT molecular complexity index is 1160. The summed E-state index contributed by atoms with van der Waals surface area (Å²) in [7, 11) is -2.51. The molecule has 0 radical (unpaired) electrons. The average Bonchev–Trinajstić information content (AvgIpc) is 2.74. The molecule has 0 saturated heterocycles. The lowest BCUT2D eigenvalue weighted by atomic mass is 10.1. The fourth-order valence-corrected chi connectivity index (χ4v) is 4.87. The first-order chi connectivity index (χ1) is 14.2. The third kappa shape index (κ3) is 4.28. The molecular formula is C22H22N2O5S. The first-order valence-corrected chi connectivity index (χ1v) is 10.7. The largest absolute Gasteiger partial charge is 0.497 e. The Morgan fingerprint density at radius 2 is 1.67 bits per heavy atom. The second-order valence-corrected chi connectivity index (χ2v) is 8.66. The van der Waals surface area contributed by atoms with Crippen molar-refractivity contribution in [3.05, 3.63) is 94.0 Å². The Labute approximate surface area is 175 Å². The zero-order valence-corrected chi connectivity index (χ0v) is 17.7. The number of sulfonamides is 1. The molecule has 0 aliphatic carbocycles. The Kier molecular flexibility index (Phi) is 6.07. The number of rotatable bonds is 7. The number of benzene rings is 3. The average molecular weight is 426 g/mol. The minimum Gasteiger partial charge on any atom is -0.497 e. The van der Waals surface area contributed by atoms with E-state index in [4.69, 9.17) is 4.74 Å². The summed E-state index contributed by atoms with van der Waals surface area (Å²) in [4.78, 5) is 10.3. The summed E-state index contributed by atoms with van der Waals surface area (Å²) in [5, 5.41) is 10.9. The zero-order chi connectivity index (χ0) is 21.9. The first kappa shape index (κ1) is 21.3. The van der Waals surface area contributed by atoms with Crippen LogP contribution in [0.4, 0.5) is 11.4 Å². The molecule has 3 aromatic rings. The lowest BCUT2D eigenvalue weighted by Crippen LogP contribution is -2.33. The lowest BCUT2D eigenvalue weighted by Gasteiger charge is -2.31. The Morgan fingerprint density at radius 1 is 1.00 bits per heavy atom. The van der Waals surface area contributed by atoms with Crippen LogP contribution >= 0.6 is 0 Å². The normalized spacial score (nSPS) is 12.2. The number of methoxy groups -OCH3 is 1. The van der Waals surface area contributed by atoms with Gasteiger partial charge in [-0.05, 0) is 43.7 Å². The van der Waals surface area contributed by atoms with Gasteiger partial charge in [0.1, 0.15) is 5.75 Å². The van der Waals surface area contributed by atoms with E-state index in [1.807, 2.05) is 31.2 Å². The predicted molar refractivity (Wildman–Crippen MR) is 115 cm³/mol. The molecule has 1 atom stereocenters. The van der Waals surface area contributed by atoms with Crippen LogP contribution < -0.4 is 9.04 Å². The van der Waals surface area contributed by atoms with E-state index in [1.54, 1.807) is 31.2 Å². The summed E-state index contributed by atoms with van der Waals surface area (Å²) in [5.74, 6) is 0.521. The van der Waals surface area contributed by atoms with Gasteiger partial charge in [-0.2, -0.15) is 0 Å². The van der Waals surface area contributed by atoms with Crippen molar-refractivity contribution < 1.29 is 18.1 Å². The van der Waals surface area contributed by atoms with Gasteiger partial charge in [0.2, 0.25) is 0 Å². The van der Waals surface area contributed by atoms with Crippen molar-refractivity contribution in [1.29, 1.82) is 0 Å². The quantitative estimate of drug-likeness (QED) is 0.397. The Morgan fingerprint density at radius 3 is 2.27 bits per heavy atom. The molecule has 0 aliphatic heterocycles. The van der Waals surface area contributed by atoms with Gasteiger partial charge in [0.25, 0.3) is 15.7 Å². The maximum absolute atomic E-state index is 13.6.